The first-order chi connectivity index (χ1) is 15.6. The van der Waals surface area contributed by atoms with Crippen LogP contribution in [-0.2, 0) is 29.0 Å². The molecular weight excluding hydrogens is 540 g/mol. The van der Waals surface area contributed by atoms with Gasteiger partial charge in [-0.05, 0) is 49.6 Å². The van der Waals surface area contributed by atoms with Crippen molar-refractivity contribution in [2.24, 2.45) is 4.99 Å². The Balaban J connectivity index is 0.00000385. The second-order valence-electron chi connectivity index (χ2n) is 7.49. The molecule has 0 aliphatic carbocycles. The molecule has 1 aliphatic heterocycles. The van der Waals surface area contributed by atoms with Crippen LogP contribution in [0.5, 0.6) is 11.5 Å². The van der Waals surface area contributed by atoms with E-state index in [4.69, 9.17) is 23.9 Å². The Morgan fingerprint density at radius 3 is 2.79 bits per heavy atom. The number of benzene rings is 2. The molecule has 3 rings (SSSR count). The number of nitrogens with zero attached hydrogens (tertiary/aromatic N) is 1. The van der Waals surface area contributed by atoms with Crippen molar-refractivity contribution in [1.82, 2.24) is 10.6 Å². The van der Waals surface area contributed by atoms with E-state index >= 15 is 0 Å². The number of methoxy groups -OCH3 is 1. The lowest BCUT2D eigenvalue weighted by Gasteiger charge is -2.21. The van der Waals surface area contributed by atoms with Crippen LogP contribution in [-0.4, -0.2) is 46.2 Å². The summed E-state index contributed by atoms with van der Waals surface area (Å²) in [4.78, 5) is 4.70. The van der Waals surface area contributed by atoms with Crippen LogP contribution < -0.4 is 20.1 Å². The summed E-state index contributed by atoms with van der Waals surface area (Å²) in [5, 5.41) is 6.57. The van der Waals surface area contributed by atoms with E-state index in [0.717, 1.165) is 40.3 Å². The van der Waals surface area contributed by atoms with Crippen LogP contribution in [0.15, 0.2) is 35.3 Å². The average molecular weight is 573 g/mol. The third kappa shape index (κ3) is 8.31. The average Bonchev–Trinajstić information content (AvgIpc) is 2.78. The van der Waals surface area contributed by atoms with Crippen LogP contribution in [0.4, 0.5) is 4.39 Å². The SMILES string of the molecule is CCNC(=NCc1ccc(C)cc1OCCOC)NCCc1cc(F)cc2c1OCOC2.I. The summed E-state index contributed by atoms with van der Waals surface area (Å²) in [6.45, 7) is 7.39. The summed E-state index contributed by atoms with van der Waals surface area (Å²) in [7, 11) is 1.65. The Morgan fingerprint density at radius 1 is 1.15 bits per heavy atom. The van der Waals surface area contributed by atoms with Gasteiger partial charge in [-0.15, -0.1) is 24.0 Å². The summed E-state index contributed by atoms with van der Waals surface area (Å²) in [5.74, 6) is 1.94. The highest BCUT2D eigenvalue weighted by Gasteiger charge is 2.16. The predicted octanol–water partition coefficient (Wildman–Crippen LogP) is 3.94. The smallest absolute Gasteiger partial charge is 0.191 e. The molecule has 1 heterocycles. The third-order valence-electron chi connectivity index (χ3n) is 4.96. The first kappa shape index (κ1) is 27.1. The van der Waals surface area contributed by atoms with Gasteiger partial charge < -0.3 is 29.6 Å². The predicted molar refractivity (Wildman–Crippen MR) is 137 cm³/mol. The molecule has 0 fully saturated rings. The Hall–Kier alpha value is -2.11. The standard InChI is InChI=1S/C24H32FN3O4.HI/c1-4-26-24(28-14-19-6-5-17(2)11-22(19)31-10-9-29-3)27-8-7-18-12-21(25)13-20-15-30-16-32-23(18)20;/h5-6,11-13H,4,7-10,14-16H2,1-3H3,(H2,26,27,28);1H. The number of halogens is 2. The van der Waals surface area contributed by atoms with Gasteiger partial charge in [0.2, 0.25) is 0 Å². The van der Waals surface area contributed by atoms with Crippen molar-refractivity contribution in [3.05, 3.63) is 58.4 Å². The molecule has 0 radical (unpaired) electrons. The molecule has 0 aromatic heterocycles. The highest BCUT2D eigenvalue weighted by atomic mass is 127. The van der Waals surface area contributed by atoms with Crippen molar-refractivity contribution in [3.8, 4) is 11.5 Å². The van der Waals surface area contributed by atoms with Gasteiger partial charge in [-0.2, -0.15) is 0 Å². The van der Waals surface area contributed by atoms with E-state index < -0.39 is 0 Å². The molecule has 0 saturated carbocycles. The van der Waals surface area contributed by atoms with Gasteiger partial charge in [0, 0.05) is 31.3 Å². The fourth-order valence-electron chi connectivity index (χ4n) is 3.43. The maximum atomic E-state index is 14.0. The van der Waals surface area contributed by atoms with Gasteiger partial charge in [0.25, 0.3) is 0 Å². The van der Waals surface area contributed by atoms with Gasteiger partial charge in [-0.3, -0.25) is 0 Å². The van der Waals surface area contributed by atoms with E-state index in [9.17, 15) is 4.39 Å². The number of rotatable bonds is 10. The van der Waals surface area contributed by atoms with Crippen LogP contribution in [0.1, 0.15) is 29.2 Å². The molecule has 9 heteroatoms. The Bertz CT molecular complexity index is 927. The van der Waals surface area contributed by atoms with Gasteiger partial charge in [-0.25, -0.2) is 9.38 Å². The fraction of sp³-hybridized carbons (Fsp3) is 0.458. The van der Waals surface area contributed by atoms with Crippen LogP contribution in [0, 0.1) is 12.7 Å². The lowest BCUT2D eigenvalue weighted by Crippen LogP contribution is -2.38. The summed E-state index contributed by atoms with van der Waals surface area (Å²) < 4.78 is 35.7. The number of nitrogens with one attached hydrogen (secondary N) is 2. The van der Waals surface area contributed by atoms with Crippen LogP contribution in [0.3, 0.4) is 0 Å². The van der Waals surface area contributed by atoms with E-state index in [1.165, 1.54) is 12.1 Å². The minimum atomic E-state index is -0.284. The zero-order valence-electron chi connectivity index (χ0n) is 19.4. The topological polar surface area (TPSA) is 73.3 Å². The van der Waals surface area contributed by atoms with Gasteiger partial charge >= 0.3 is 0 Å². The van der Waals surface area contributed by atoms with Crippen molar-refractivity contribution in [2.75, 3.05) is 40.2 Å². The van der Waals surface area contributed by atoms with Crippen LogP contribution in [0.2, 0.25) is 0 Å². The molecule has 33 heavy (non-hydrogen) atoms. The van der Waals surface area contributed by atoms with Crippen LogP contribution >= 0.6 is 24.0 Å². The normalized spacial score (nSPS) is 12.9. The summed E-state index contributed by atoms with van der Waals surface area (Å²) in [6.07, 6.45) is 0.598. The Morgan fingerprint density at radius 2 is 2.00 bits per heavy atom. The fourth-order valence-corrected chi connectivity index (χ4v) is 3.43. The maximum absolute atomic E-state index is 14.0. The van der Waals surface area contributed by atoms with E-state index in [1.807, 2.05) is 32.0 Å². The van der Waals surface area contributed by atoms with E-state index in [0.29, 0.717) is 45.3 Å². The summed E-state index contributed by atoms with van der Waals surface area (Å²) >= 11 is 0. The zero-order valence-corrected chi connectivity index (χ0v) is 21.7. The lowest BCUT2D eigenvalue weighted by molar-refractivity contribution is -0.0172. The van der Waals surface area contributed by atoms with E-state index in [2.05, 4.69) is 10.6 Å². The second-order valence-corrected chi connectivity index (χ2v) is 7.49. The largest absolute Gasteiger partial charge is 0.491 e. The van der Waals surface area contributed by atoms with Gasteiger partial charge in [0.05, 0.1) is 19.8 Å². The van der Waals surface area contributed by atoms with Crippen molar-refractivity contribution in [3.63, 3.8) is 0 Å². The van der Waals surface area contributed by atoms with Crippen molar-refractivity contribution < 1.29 is 23.3 Å². The number of fused-ring (bicyclic) bond motifs is 1. The highest BCUT2D eigenvalue weighted by Crippen LogP contribution is 2.29. The molecule has 0 unspecified atom stereocenters. The number of guanidine groups is 1. The lowest BCUT2D eigenvalue weighted by atomic mass is 10.1. The van der Waals surface area contributed by atoms with Gasteiger partial charge in [0.1, 0.15) is 23.9 Å². The molecule has 2 aromatic rings. The number of aryl methyl sites for hydroxylation is 1. The highest BCUT2D eigenvalue weighted by molar-refractivity contribution is 14.0. The van der Waals surface area contributed by atoms with Crippen LogP contribution in [0.25, 0.3) is 0 Å². The molecule has 1 aliphatic rings. The third-order valence-corrected chi connectivity index (χ3v) is 4.96. The zero-order chi connectivity index (χ0) is 22.8. The van der Waals surface area contributed by atoms with E-state index in [-0.39, 0.29) is 36.6 Å². The summed E-state index contributed by atoms with van der Waals surface area (Å²) in [5.41, 5.74) is 3.68. The molecule has 2 N–H and O–H groups in total. The monoisotopic (exact) mass is 573 g/mol. The first-order valence-electron chi connectivity index (χ1n) is 10.9. The molecule has 0 amide bonds. The number of aliphatic imine (C=N–C) groups is 1. The minimum absolute atomic E-state index is 0. The molecule has 2 aromatic carbocycles. The van der Waals surface area contributed by atoms with Crippen molar-refractivity contribution in [1.29, 1.82) is 0 Å². The second kappa shape index (κ2) is 14.2. The van der Waals surface area contributed by atoms with Gasteiger partial charge in [-0.1, -0.05) is 12.1 Å². The van der Waals surface area contributed by atoms with Gasteiger partial charge in [0.15, 0.2) is 12.8 Å². The number of hydrogen-bond acceptors (Lipinski definition) is 5. The quantitative estimate of drug-likeness (QED) is 0.194. The summed E-state index contributed by atoms with van der Waals surface area (Å²) in [6, 6.07) is 9.07. The molecule has 0 atom stereocenters. The Labute approximate surface area is 212 Å². The molecule has 0 spiro atoms. The van der Waals surface area contributed by atoms with E-state index in [1.54, 1.807) is 7.11 Å². The minimum Gasteiger partial charge on any atom is -0.491 e. The first-order valence-corrected chi connectivity index (χ1v) is 10.9. The Kier molecular flexibility index (Phi) is 11.7. The molecular formula is C24H33FIN3O4. The molecule has 182 valence electrons. The molecule has 7 nitrogen and oxygen atoms in total. The molecule has 0 bridgehead atoms. The number of ether oxygens (including phenoxy) is 4. The van der Waals surface area contributed by atoms with Crippen molar-refractivity contribution >= 4 is 29.9 Å². The molecule has 0 saturated heterocycles. The van der Waals surface area contributed by atoms with Crippen molar-refractivity contribution in [2.45, 2.75) is 33.4 Å². The number of hydrogen-bond donors (Lipinski definition) is 2. The maximum Gasteiger partial charge on any atom is 0.191 e.